The second-order valence-electron chi connectivity index (χ2n) is 5.14. The lowest BCUT2D eigenvalue weighted by atomic mass is 10.2. The van der Waals surface area contributed by atoms with Gasteiger partial charge < -0.3 is 15.1 Å². The average molecular weight is 333 g/mol. The van der Waals surface area contributed by atoms with Gasteiger partial charge in [-0.2, -0.15) is 5.26 Å². The number of benzene rings is 1. The fourth-order valence-electron chi connectivity index (χ4n) is 2.17. The van der Waals surface area contributed by atoms with Gasteiger partial charge in [-0.25, -0.2) is 0 Å². The van der Waals surface area contributed by atoms with Gasteiger partial charge in [0.15, 0.2) is 0 Å². The fourth-order valence-corrected chi connectivity index (χ4v) is 2.30. The Kier molecular flexibility index (Phi) is 6.01. The van der Waals surface area contributed by atoms with Crippen molar-refractivity contribution >= 4 is 23.9 Å². The predicted octanol–water partition coefficient (Wildman–Crippen LogP) is 1.14. The summed E-state index contributed by atoms with van der Waals surface area (Å²) in [5.41, 5.74) is 0.957. The van der Waals surface area contributed by atoms with E-state index in [1.165, 1.54) is 0 Å². The smallest absolute Gasteiger partial charge is 0.263 e. The predicted molar refractivity (Wildman–Crippen MR) is 86.2 cm³/mol. The molecule has 0 aliphatic carbocycles. The molecule has 0 unspecified atom stereocenters. The first-order chi connectivity index (χ1) is 11.1. The summed E-state index contributed by atoms with van der Waals surface area (Å²) in [7, 11) is 0. The van der Waals surface area contributed by atoms with Crippen LogP contribution in [0.2, 0.25) is 5.02 Å². The molecule has 1 aromatic carbocycles. The third-order valence-corrected chi connectivity index (χ3v) is 3.79. The number of nitrogens with one attached hydrogen (secondary N) is 1. The summed E-state index contributed by atoms with van der Waals surface area (Å²) in [6, 6.07) is 9.05. The monoisotopic (exact) mass is 332 g/mol. The van der Waals surface area contributed by atoms with Crippen LogP contribution in [0.15, 0.2) is 36.0 Å². The Morgan fingerprint density at radius 3 is 2.39 bits per heavy atom. The van der Waals surface area contributed by atoms with Crippen LogP contribution in [0.5, 0.6) is 0 Å². The molecule has 0 saturated carbocycles. The van der Waals surface area contributed by atoms with Crippen molar-refractivity contribution in [2.45, 2.75) is 6.54 Å². The normalized spacial score (nSPS) is 15.0. The van der Waals surface area contributed by atoms with Gasteiger partial charge in [0.1, 0.15) is 11.6 Å². The highest BCUT2D eigenvalue weighted by molar-refractivity contribution is 6.30. The zero-order valence-electron chi connectivity index (χ0n) is 12.5. The Hall–Kier alpha value is -2.52. The van der Waals surface area contributed by atoms with Crippen molar-refractivity contribution in [2.24, 2.45) is 0 Å². The second-order valence-corrected chi connectivity index (χ2v) is 5.58. The van der Waals surface area contributed by atoms with Crippen molar-refractivity contribution < 1.29 is 9.59 Å². The maximum Gasteiger partial charge on any atom is 0.263 e. The van der Waals surface area contributed by atoms with Crippen LogP contribution in [0.25, 0.3) is 0 Å². The molecule has 7 heteroatoms. The minimum absolute atomic E-state index is 0.0542. The SMILES string of the molecule is N#C/C(=C/N1CCN(C=O)CC1)C(=O)NCc1ccc(Cl)cc1. The van der Waals surface area contributed by atoms with Crippen LogP contribution in [-0.2, 0) is 16.1 Å². The number of nitriles is 1. The van der Waals surface area contributed by atoms with Crippen LogP contribution in [0.3, 0.4) is 0 Å². The van der Waals surface area contributed by atoms with E-state index in [1.807, 2.05) is 23.1 Å². The van der Waals surface area contributed by atoms with Gasteiger partial charge in [0.05, 0.1) is 0 Å². The zero-order chi connectivity index (χ0) is 16.7. The Bertz CT molecular complexity index is 628. The summed E-state index contributed by atoms with van der Waals surface area (Å²) in [4.78, 5) is 26.3. The number of halogens is 1. The van der Waals surface area contributed by atoms with Crippen LogP contribution in [0, 0.1) is 11.3 Å². The number of hydrogen-bond donors (Lipinski definition) is 1. The van der Waals surface area contributed by atoms with Crippen molar-refractivity contribution in [3.8, 4) is 6.07 Å². The van der Waals surface area contributed by atoms with E-state index in [9.17, 15) is 9.59 Å². The molecule has 2 amide bonds. The minimum atomic E-state index is -0.416. The Balaban J connectivity index is 1.90. The first-order valence-electron chi connectivity index (χ1n) is 7.20. The summed E-state index contributed by atoms with van der Waals surface area (Å²) in [5, 5.41) is 12.5. The van der Waals surface area contributed by atoms with Gasteiger partial charge in [0.25, 0.3) is 5.91 Å². The third-order valence-electron chi connectivity index (χ3n) is 3.54. The molecular formula is C16H17ClN4O2. The number of amides is 2. The van der Waals surface area contributed by atoms with E-state index in [-0.39, 0.29) is 5.57 Å². The van der Waals surface area contributed by atoms with Crippen molar-refractivity contribution in [3.63, 3.8) is 0 Å². The molecule has 1 heterocycles. The quantitative estimate of drug-likeness (QED) is 0.498. The molecule has 2 rings (SSSR count). The summed E-state index contributed by atoms with van der Waals surface area (Å²) < 4.78 is 0. The molecule has 6 nitrogen and oxygen atoms in total. The Morgan fingerprint density at radius 1 is 1.22 bits per heavy atom. The number of hydrogen-bond acceptors (Lipinski definition) is 4. The molecule has 1 N–H and O–H groups in total. The van der Waals surface area contributed by atoms with Crippen molar-refractivity contribution in [1.29, 1.82) is 5.26 Å². The molecule has 1 saturated heterocycles. The molecule has 1 aliphatic heterocycles. The number of piperazine rings is 1. The highest BCUT2D eigenvalue weighted by Crippen LogP contribution is 2.09. The fraction of sp³-hybridized carbons (Fsp3) is 0.312. The molecule has 0 aromatic heterocycles. The second kappa shape index (κ2) is 8.20. The average Bonchev–Trinajstić information content (AvgIpc) is 2.59. The van der Waals surface area contributed by atoms with Gasteiger partial charge in [0, 0.05) is 43.9 Å². The molecule has 23 heavy (non-hydrogen) atoms. The summed E-state index contributed by atoms with van der Waals surface area (Å²) in [6.07, 6.45) is 2.37. The lowest BCUT2D eigenvalue weighted by molar-refractivity contribution is -0.119. The van der Waals surface area contributed by atoms with Crippen molar-refractivity contribution in [2.75, 3.05) is 26.2 Å². The summed E-state index contributed by atoms with van der Waals surface area (Å²) >= 11 is 5.81. The molecule has 0 spiro atoms. The number of nitrogens with zero attached hydrogens (tertiary/aromatic N) is 3. The van der Waals surface area contributed by atoms with Crippen LogP contribution in [-0.4, -0.2) is 48.3 Å². The van der Waals surface area contributed by atoms with Crippen LogP contribution < -0.4 is 5.32 Å². The highest BCUT2D eigenvalue weighted by Gasteiger charge is 2.16. The van der Waals surface area contributed by atoms with Gasteiger partial charge in [-0.05, 0) is 17.7 Å². The van der Waals surface area contributed by atoms with Crippen LogP contribution in [0.4, 0.5) is 0 Å². The topological polar surface area (TPSA) is 76.4 Å². The number of carbonyl (C=O) groups excluding carboxylic acids is 2. The molecule has 1 aromatic rings. The zero-order valence-corrected chi connectivity index (χ0v) is 13.3. The molecular weight excluding hydrogens is 316 g/mol. The lowest BCUT2D eigenvalue weighted by Crippen LogP contribution is -2.43. The Labute approximate surface area is 139 Å². The Morgan fingerprint density at radius 2 is 1.83 bits per heavy atom. The van der Waals surface area contributed by atoms with Crippen LogP contribution >= 0.6 is 11.6 Å². The number of carbonyl (C=O) groups is 2. The first kappa shape index (κ1) is 16.8. The summed E-state index contributed by atoms with van der Waals surface area (Å²) in [5.74, 6) is -0.416. The lowest BCUT2D eigenvalue weighted by Gasteiger charge is -2.31. The van der Waals surface area contributed by atoms with E-state index in [0.29, 0.717) is 37.7 Å². The van der Waals surface area contributed by atoms with E-state index in [1.54, 1.807) is 23.2 Å². The van der Waals surface area contributed by atoms with Crippen molar-refractivity contribution in [1.82, 2.24) is 15.1 Å². The van der Waals surface area contributed by atoms with Crippen LogP contribution in [0.1, 0.15) is 5.56 Å². The van der Waals surface area contributed by atoms with Gasteiger partial charge in [-0.1, -0.05) is 23.7 Å². The number of rotatable bonds is 5. The van der Waals surface area contributed by atoms with E-state index in [4.69, 9.17) is 16.9 Å². The van der Waals surface area contributed by atoms with Gasteiger partial charge in [-0.3, -0.25) is 9.59 Å². The standard InChI is InChI=1S/C16H17ClN4O2/c17-15-3-1-13(2-4-15)10-19-16(23)14(9-18)11-20-5-7-21(12-22)8-6-20/h1-4,11-12H,5-8,10H2,(H,19,23)/b14-11-. The minimum Gasteiger partial charge on any atom is -0.373 e. The molecule has 1 fully saturated rings. The van der Waals surface area contributed by atoms with E-state index >= 15 is 0 Å². The van der Waals surface area contributed by atoms with Gasteiger partial charge in [0.2, 0.25) is 6.41 Å². The molecule has 120 valence electrons. The largest absolute Gasteiger partial charge is 0.373 e. The van der Waals surface area contributed by atoms with Crippen molar-refractivity contribution in [3.05, 3.63) is 46.6 Å². The maximum absolute atomic E-state index is 12.1. The first-order valence-corrected chi connectivity index (χ1v) is 7.58. The maximum atomic E-state index is 12.1. The third kappa shape index (κ3) is 5.01. The van der Waals surface area contributed by atoms with E-state index in [0.717, 1.165) is 12.0 Å². The molecule has 0 bridgehead atoms. The van der Waals surface area contributed by atoms with E-state index in [2.05, 4.69) is 5.32 Å². The molecule has 1 aliphatic rings. The molecule has 0 atom stereocenters. The highest BCUT2D eigenvalue weighted by atomic mass is 35.5. The van der Waals surface area contributed by atoms with Gasteiger partial charge in [-0.15, -0.1) is 0 Å². The van der Waals surface area contributed by atoms with E-state index < -0.39 is 5.91 Å². The van der Waals surface area contributed by atoms with Gasteiger partial charge >= 0.3 is 0 Å². The molecule has 0 radical (unpaired) electrons. The summed E-state index contributed by atoms with van der Waals surface area (Å²) in [6.45, 7) is 2.72.